The van der Waals surface area contributed by atoms with E-state index >= 15 is 0 Å². The number of rotatable bonds is 2. The number of hydrogen-bond acceptors (Lipinski definition) is 3. The van der Waals surface area contributed by atoms with Crippen molar-refractivity contribution in [2.75, 3.05) is 7.11 Å². The van der Waals surface area contributed by atoms with Crippen molar-refractivity contribution in [3.8, 4) is 5.75 Å². The molecule has 3 nitrogen and oxygen atoms in total. The van der Waals surface area contributed by atoms with Crippen molar-refractivity contribution < 1.29 is 9.53 Å². The number of nitrogens with zero attached hydrogens (tertiary/aromatic N) is 1. The Morgan fingerprint density at radius 3 is 2.75 bits per heavy atom. The average molecular weight is 258 g/mol. The number of aromatic nitrogens is 1. The highest BCUT2D eigenvalue weighted by Gasteiger charge is 2.10. The Hall–Kier alpha value is -1.32. The van der Waals surface area contributed by atoms with E-state index in [1.807, 2.05) is 0 Å². The van der Waals surface area contributed by atoms with Gasteiger partial charge in [0, 0.05) is 17.1 Å². The summed E-state index contributed by atoms with van der Waals surface area (Å²) in [5.41, 5.74) is 1.09. The lowest BCUT2D eigenvalue weighted by Crippen LogP contribution is -1.94. The maximum atomic E-state index is 11.2. The van der Waals surface area contributed by atoms with E-state index in [-0.39, 0.29) is 12.4 Å². The fourth-order valence-corrected chi connectivity index (χ4v) is 1.65. The highest BCUT2D eigenvalue weighted by molar-refractivity contribution is 6.68. The van der Waals surface area contributed by atoms with Gasteiger partial charge in [-0.15, -0.1) is 12.4 Å². The normalized spacial score (nSPS) is 9.62. The fourth-order valence-electron chi connectivity index (χ4n) is 1.48. The molecular weight excluding hydrogens is 249 g/mol. The molecule has 0 fully saturated rings. The summed E-state index contributed by atoms with van der Waals surface area (Å²) < 4.78 is 5.15. The monoisotopic (exact) mass is 257 g/mol. The van der Waals surface area contributed by atoms with Gasteiger partial charge in [0.1, 0.15) is 11.3 Å². The molecule has 0 radical (unpaired) electrons. The van der Waals surface area contributed by atoms with Crippen molar-refractivity contribution in [1.82, 2.24) is 4.98 Å². The summed E-state index contributed by atoms with van der Waals surface area (Å²) in [7, 11) is 1.56. The standard InChI is InChI=1S/C11H8ClNO2.ClH/c1-15-9-5-4-8(11(12)14)7-3-2-6-13-10(7)9;/h2-6H,1H3;1H. The molecule has 0 saturated heterocycles. The molecule has 2 aromatic rings. The average Bonchev–Trinajstić information content (AvgIpc) is 2.27. The molecular formula is C11H9Cl2NO2. The molecule has 0 aliphatic heterocycles. The second-order valence-corrected chi connectivity index (χ2v) is 3.33. The maximum Gasteiger partial charge on any atom is 0.253 e. The summed E-state index contributed by atoms with van der Waals surface area (Å²) >= 11 is 5.47. The van der Waals surface area contributed by atoms with Gasteiger partial charge in [-0.05, 0) is 29.8 Å². The minimum absolute atomic E-state index is 0. The minimum atomic E-state index is -0.490. The quantitative estimate of drug-likeness (QED) is 0.777. The van der Waals surface area contributed by atoms with Gasteiger partial charge >= 0.3 is 0 Å². The zero-order chi connectivity index (χ0) is 10.8. The SMILES string of the molecule is COc1ccc(C(=O)Cl)c2cccnc12.Cl. The largest absolute Gasteiger partial charge is 0.494 e. The van der Waals surface area contributed by atoms with Crippen molar-refractivity contribution in [3.05, 3.63) is 36.0 Å². The number of carbonyl (C=O) groups excluding carboxylic acids is 1. The van der Waals surface area contributed by atoms with Gasteiger partial charge < -0.3 is 4.74 Å². The summed E-state index contributed by atoms with van der Waals surface area (Å²) in [6.45, 7) is 0. The van der Waals surface area contributed by atoms with Gasteiger partial charge in [-0.25, -0.2) is 0 Å². The van der Waals surface area contributed by atoms with Crippen molar-refractivity contribution >= 4 is 40.2 Å². The first-order valence-corrected chi connectivity index (χ1v) is 4.73. The van der Waals surface area contributed by atoms with E-state index < -0.39 is 5.24 Å². The van der Waals surface area contributed by atoms with E-state index in [0.717, 1.165) is 0 Å². The number of pyridine rings is 1. The summed E-state index contributed by atoms with van der Waals surface area (Å²) in [6, 6.07) is 6.87. The Bertz CT molecular complexity index is 528. The molecule has 2 rings (SSSR count). The molecule has 1 heterocycles. The van der Waals surface area contributed by atoms with Crippen molar-refractivity contribution in [2.45, 2.75) is 0 Å². The van der Waals surface area contributed by atoms with E-state index in [4.69, 9.17) is 16.3 Å². The maximum absolute atomic E-state index is 11.2. The Labute approximate surface area is 104 Å². The summed E-state index contributed by atoms with van der Waals surface area (Å²) in [4.78, 5) is 15.3. The zero-order valence-corrected chi connectivity index (χ0v) is 10.0. The number of benzene rings is 1. The first-order chi connectivity index (χ1) is 7.24. The van der Waals surface area contributed by atoms with Gasteiger partial charge in [-0.3, -0.25) is 9.78 Å². The predicted molar refractivity (Wildman–Crippen MR) is 65.7 cm³/mol. The van der Waals surface area contributed by atoms with Crippen LogP contribution in [0.15, 0.2) is 30.5 Å². The molecule has 0 N–H and O–H groups in total. The van der Waals surface area contributed by atoms with Crippen LogP contribution in [0.2, 0.25) is 0 Å². The Morgan fingerprint density at radius 2 is 2.12 bits per heavy atom. The summed E-state index contributed by atoms with van der Waals surface area (Å²) in [5.74, 6) is 0.632. The summed E-state index contributed by atoms with van der Waals surface area (Å²) in [6.07, 6.45) is 1.65. The van der Waals surface area contributed by atoms with Gasteiger partial charge in [0.2, 0.25) is 0 Å². The van der Waals surface area contributed by atoms with Crippen LogP contribution >= 0.6 is 24.0 Å². The molecule has 84 valence electrons. The molecule has 0 spiro atoms. The number of fused-ring (bicyclic) bond motifs is 1. The first kappa shape index (κ1) is 12.7. The minimum Gasteiger partial charge on any atom is -0.494 e. The third-order valence-electron chi connectivity index (χ3n) is 2.16. The van der Waals surface area contributed by atoms with Crippen LogP contribution in [-0.2, 0) is 0 Å². The third-order valence-corrected chi connectivity index (χ3v) is 2.37. The summed E-state index contributed by atoms with van der Waals surface area (Å²) in [5, 5.41) is 0.215. The Morgan fingerprint density at radius 1 is 1.38 bits per heavy atom. The van der Waals surface area contributed by atoms with E-state index in [1.54, 1.807) is 37.6 Å². The Kier molecular flexibility index (Phi) is 4.10. The van der Waals surface area contributed by atoms with Crippen LogP contribution in [0.1, 0.15) is 10.4 Å². The van der Waals surface area contributed by atoms with Crippen molar-refractivity contribution in [3.63, 3.8) is 0 Å². The van der Waals surface area contributed by atoms with Crippen LogP contribution < -0.4 is 4.74 Å². The molecule has 0 aliphatic carbocycles. The molecule has 5 heteroatoms. The van der Waals surface area contributed by atoms with Gasteiger partial charge in [-0.2, -0.15) is 0 Å². The first-order valence-electron chi connectivity index (χ1n) is 4.35. The van der Waals surface area contributed by atoms with Crippen molar-refractivity contribution in [2.24, 2.45) is 0 Å². The van der Waals surface area contributed by atoms with E-state index in [0.29, 0.717) is 22.2 Å². The molecule has 1 aromatic carbocycles. The third kappa shape index (κ3) is 2.10. The van der Waals surface area contributed by atoms with E-state index in [2.05, 4.69) is 4.98 Å². The molecule has 0 unspecified atom stereocenters. The highest BCUT2D eigenvalue weighted by atomic mass is 35.5. The van der Waals surface area contributed by atoms with Crippen LogP contribution in [0.4, 0.5) is 0 Å². The topological polar surface area (TPSA) is 39.2 Å². The smallest absolute Gasteiger partial charge is 0.253 e. The van der Waals surface area contributed by atoms with Crippen LogP contribution in [0.3, 0.4) is 0 Å². The second kappa shape index (κ2) is 5.14. The number of hydrogen-bond donors (Lipinski definition) is 0. The lowest BCUT2D eigenvalue weighted by atomic mass is 10.1. The molecule has 0 atom stereocenters. The zero-order valence-electron chi connectivity index (χ0n) is 8.44. The molecule has 0 amide bonds. The second-order valence-electron chi connectivity index (χ2n) is 2.99. The molecule has 16 heavy (non-hydrogen) atoms. The predicted octanol–water partition coefficient (Wildman–Crippen LogP) is 3.04. The Balaban J connectivity index is 0.00000128. The van der Waals surface area contributed by atoms with Crippen LogP contribution in [0, 0.1) is 0 Å². The highest BCUT2D eigenvalue weighted by Crippen LogP contribution is 2.27. The van der Waals surface area contributed by atoms with Crippen LogP contribution in [0.25, 0.3) is 10.9 Å². The molecule has 1 aromatic heterocycles. The van der Waals surface area contributed by atoms with Gasteiger partial charge in [-0.1, -0.05) is 6.07 Å². The van der Waals surface area contributed by atoms with Gasteiger partial charge in [0.15, 0.2) is 0 Å². The van der Waals surface area contributed by atoms with Gasteiger partial charge in [0.25, 0.3) is 5.24 Å². The number of halogens is 2. The lowest BCUT2D eigenvalue weighted by Gasteiger charge is -2.06. The van der Waals surface area contributed by atoms with E-state index in [9.17, 15) is 4.79 Å². The molecule has 0 bridgehead atoms. The van der Waals surface area contributed by atoms with E-state index in [1.165, 1.54) is 0 Å². The van der Waals surface area contributed by atoms with Crippen LogP contribution in [-0.4, -0.2) is 17.3 Å². The fraction of sp³-hybridized carbons (Fsp3) is 0.0909. The molecule has 0 aliphatic rings. The number of carbonyl (C=O) groups is 1. The number of ether oxygens (including phenoxy) is 1. The van der Waals surface area contributed by atoms with Gasteiger partial charge in [0.05, 0.1) is 7.11 Å². The molecule has 0 saturated carbocycles. The number of methoxy groups -OCH3 is 1. The van der Waals surface area contributed by atoms with Crippen molar-refractivity contribution in [1.29, 1.82) is 0 Å². The lowest BCUT2D eigenvalue weighted by molar-refractivity contribution is 0.108. The van der Waals surface area contributed by atoms with Crippen LogP contribution in [0.5, 0.6) is 5.75 Å².